The zero-order valence-corrected chi connectivity index (χ0v) is 33.1. The molecule has 4 aromatic heterocycles. The molecule has 0 saturated carbocycles. The van der Waals surface area contributed by atoms with E-state index in [9.17, 15) is 0 Å². The monoisotopic (exact) mass is 866 g/mol. The van der Waals surface area contributed by atoms with Crippen LogP contribution < -0.4 is 0 Å². The number of hydrogen-bond acceptors (Lipinski definition) is 4. The van der Waals surface area contributed by atoms with Gasteiger partial charge >= 0.3 is 0 Å². The second kappa shape index (κ2) is 14.5. The van der Waals surface area contributed by atoms with Gasteiger partial charge in [0.15, 0.2) is 0 Å². The summed E-state index contributed by atoms with van der Waals surface area (Å²) in [5.41, 5.74) is 13.4. The molecule has 53 heavy (non-hydrogen) atoms. The molecule has 0 amide bonds. The molecule has 0 aliphatic rings. The SMILES string of the molecule is Cc1ccc2ccc3c4cc[c-]c(-c5cc(-c6cc7ccc(C(C)(C)C)cc7cc6C)c(C)cn5)c4oc3c2n1.[Ir].[c-]1ccccc1-c1ccccn1. The number of aromatic nitrogens is 3. The number of hydrogen-bond donors (Lipinski definition) is 0. The van der Waals surface area contributed by atoms with Gasteiger partial charge in [-0.05, 0) is 94.4 Å². The van der Waals surface area contributed by atoms with Crippen LogP contribution in [-0.4, -0.2) is 15.0 Å². The summed E-state index contributed by atoms with van der Waals surface area (Å²) < 4.78 is 6.57. The number of aryl methyl sites for hydroxylation is 3. The van der Waals surface area contributed by atoms with Crippen molar-refractivity contribution < 1.29 is 24.5 Å². The first-order valence-electron chi connectivity index (χ1n) is 17.7. The van der Waals surface area contributed by atoms with Gasteiger partial charge in [-0.25, -0.2) is 4.98 Å². The fourth-order valence-electron chi connectivity index (χ4n) is 6.86. The van der Waals surface area contributed by atoms with E-state index < -0.39 is 0 Å². The van der Waals surface area contributed by atoms with Gasteiger partial charge in [0.05, 0.1) is 5.58 Å². The Morgan fingerprint density at radius 1 is 0.604 bits per heavy atom. The summed E-state index contributed by atoms with van der Waals surface area (Å²) >= 11 is 0. The Kier molecular flexibility index (Phi) is 9.83. The fraction of sp³-hybridized carbons (Fsp3) is 0.146. The molecule has 5 heteroatoms. The summed E-state index contributed by atoms with van der Waals surface area (Å²) in [6.45, 7) is 13.1. The van der Waals surface area contributed by atoms with Crippen molar-refractivity contribution in [3.8, 4) is 33.6 Å². The molecule has 263 valence electrons. The minimum Gasteiger partial charge on any atom is -0.498 e. The first kappa shape index (κ1) is 35.9. The van der Waals surface area contributed by atoms with Crippen molar-refractivity contribution in [1.29, 1.82) is 0 Å². The van der Waals surface area contributed by atoms with E-state index in [0.29, 0.717) is 0 Å². The quantitative estimate of drug-likeness (QED) is 0.166. The third kappa shape index (κ3) is 7.03. The molecule has 0 aliphatic carbocycles. The summed E-state index contributed by atoms with van der Waals surface area (Å²) in [6, 6.07) is 46.3. The van der Waals surface area contributed by atoms with Gasteiger partial charge in [-0.1, -0.05) is 92.4 Å². The summed E-state index contributed by atoms with van der Waals surface area (Å²) in [4.78, 5) is 13.9. The first-order chi connectivity index (χ1) is 25.1. The zero-order chi connectivity index (χ0) is 36.0. The minimum absolute atomic E-state index is 0. The third-order valence-electron chi connectivity index (χ3n) is 9.75. The standard InChI is InChI=1S/C37H31N2O.C11H8N.Ir/c1-21-16-26-17-27(37(4,5)6)14-12-25(26)18-31(21)32-19-33(38-20-22(32)2)30-9-7-8-28-29-15-13-24-11-10-23(3)39-34(24)36(29)40-35(28)30;1-2-6-10(7-3-1)11-8-4-5-9-12-11;/h7-8,10-20H,1-6H3;1-6,8-9H;/q2*-1;. The van der Waals surface area contributed by atoms with Crippen LogP contribution in [0.3, 0.4) is 0 Å². The molecule has 0 atom stereocenters. The van der Waals surface area contributed by atoms with E-state index in [1.807, 2.05) is 67.7 Å². The van der Waals surface area contributed by atoms with Gasteiger partial charge in [-0.2, -0.15) is 0 Å². The second-order valence-electron chi connectivity index (χ2n) is 14.5. The van der Waals surface area contributed by atoms with Gasteiger partial charge in [0.25, 0.3) is 0 Å². The molecule has 4 nitrogen and oxygen atoms in total. The average molecular weight is 866 g/mol. The van der Waals surface area contributed by atoms with Crippen molar-refractivity contribution in [3.63, 3.8) is 0 Å². The van der Waals surface area contributed by atoms with Crippen LogP contribution in [0.25, 0.3) is 77.3 Å². The van der Waals surface area contributed by atoms with Crippen LogP contribution in [0.4, 0.5) is 0 Å². The Labute approximate surface area is 324 Å². The number of benzene rings is 5. The summed E-state index contributed by atoms with van der Waals surface area (Å²) in [5, 5.41) is 5.70. The second-order valence-corrected chi connectivity index (χ2v) is 14.5. The van der Waals surface area contributed by atoms with E-state index in [-0.39, 0.29) is 25.5 Å². The topological polar surface area (TPSA) is 51.8 Å². The predicted octanol–water partition coefficient (Wildman–Crippen LogP) is 12.6. The molecular formula is C48H39IrN3O-2. The van der Waals surface area contributed by atoms with Gasteiger partial charge in [0, 0.05) is 49.0 Å². The Morgan fingerprint density at radius 3 is 2.15 bits per heavy atom. The maximum atomic E-state index is 6.57. The van der Waals surface area contributed by atoms with Crippen LogP contribution in [0, 0.1) is 32.9 Å². The van der Waals surface area contributed by atoms with Crippen molar-refractivity contribution in [1.82, 2.24) is 15.0 Å². The van der Waals surface area contributed by atoms with Gasteiger partial charge < -0.3 is 14.4 Å². The van der Waals surface area contributed by atoms with Crippen LogP contribution in [-0.2, 0) is 25.5 Å². The van der Waals surface area contributed by atoms with Crippen LogP contribution in [0.1, 0.15) is 43.2 Å². The van der Waals surface area contributed by atoms with Crippen molar-refractivity contribution in [3.05, 3.63) is 162 Å². The Morgan fingerprint density at radius 2 is 1.38 bits per heavy atom. The van der Waals surface area contributed by atoms with Crippen LogP contribution >= 0.6 is 0 Å². The van der Waals surface area contributed by atoms with Crippen molar-refractivity contribution in [2.45, 2.75) is 47.0 Å². The molecule has 0 bridgehead atoms. The van der Waals surface area contributed by atoms with Gasteiger partial charge in [-0.3, -0.25) is 0 Å². The molecule has 0 N–H and O–H groups in total. The third-order valence-corrected chi connectivity index (χ3v) is 9.75. The molecule has 0 spiro atoms. The van der Waals surface area contributed by atoms with Crippen LogP contribution in [0.15, 0.2) is 132 Å². The first-order valence-corrected chi connectivity index (χ1v) is 17.7. The molecule has 5 aromatic carbocycles. The van der Waals surface area contributed by atoms with Crippen LogP contribution in [0.5, 0.6) is 0 Å². The van der Waals surface area contributed by atoms with E-state index in [1.54, 1.807) is 6.20 Å². The molecule has 1 radical (unpaired) electrons. The minimum atomic E-state index is 0. The average Bonchev–Trinajstić information content (AvgIpc) is 3.55. The molecule has 0 saturated heterocycles. The van der Waals surface area contributed by atoms with Gasteiger partial charge in [0.2, 0.25) is 0 Å². The van der Waals surface area contributed by atoms with E-state index in [4.69, 9.17) is 14.4 Å². The smallest absolute Gasteiger partial charge is 0.147 e. The zero-order valence-electron chi connectivity index (χ0n) is 30.7. The van der Waals surface area contributed by atoms with Gasteiger partial charge in [-0.15, -0.1) is 54.1 Å². The number of pyridine rings is 3. The normalized spacial score (nSPS) is 11.4. The number of rotatable bonds is 3. The number of fused-ring (bicyclic) bond motifs is 6. The molecule has 4 heterocycles. The Bertz CT molecular complexity index is 2710. The molecule has 0 fully saturated rings. The van der Waals surface area contributed by atoms with E-state index >= 15 is 0 Å². The van der Waals surface area contributed by atoms with Gasteiger partial charge in [0.1, 0.15) is 11.1 Å². The largest absolute Gasteiger partial charge is 0.498 e. The Balaban J connectivity index is 0.000000284. The number of nitrogens with zero attached hydrogens (tertiary/aromatic N) is 3. The van der Waals surface area contributed by atoms with Crippen molar-refractivity contribution >= 4 is 43.6 Å². The summed E-state index contributed by atoms with van der Waals surface area (Å²) in [7, 11) is 0. The number of furan rings is 1. The summed E-state index contributed by atoms with van der Waals surface area (Å²) in [5.74, 6) is 0. The van der Waals surface area contributed by atoms with E-state index in [2.05, 4.69) is 112 Å². The Hall–Kier alpha value is -5.48. The maximum Gasteiger partial charge on any atom is 0.147 e. The fourth-order valence-corrected chi connectivity index (χ4v) is 6.86. The predicted molar refractivity (Wildman–Crippen MR) is 215 cm³/mol. The van der Waals surface area contributed by atoms with E-state index in [0.717, 1.165) is 66.6 Å². The molecule has 0 aliphatic heterocycles. The molecular weight excluding hydrogens is 827 g/mol. The van der Waals surface area contributed by atoms with Crippen LogP contribution in [0.2, 0.25) is 0 Å². The van der Waals surface area contributed by atoms with E-state index in [1.165, 1.54) is 33.0 Å². The van der Waals surface area contributed by atoms with Crippen molar-refractivity contribution in [2.24, 2.45) is 0 Å². The maximum absolute atomic E-state index is 6.57. The summed E-state index contributed by atoms with van der Waals surface area (Å²) in [6.07, 6.45) is 3.75. The molecule has 9 aromatic rings. The molecule has 9 rings (SSSR count). The van der Waals surface area contributed by atoms with Crippen molar-refractivity contribution in [2.75, 3.05) is 0 Å². The molecule has 0 unspecified atom stereocenters.